The molecule has 0 radical (unpaired) electrons. The highest BCUT2D eigenvalue weighted by atomic mass is 35.5. The maximum Gasteiger partial charge on any atom is 0.274 e. The number of carbonyl (C=O) groups excluding carboxylic acids is 1. The Balaban J connectivity index is 1.50. The predicted octanol–water partition coefficient (Wildman–Crippen LogP) is 2.72. The summed E-state index contributed by atoms with van der Waals surface area (Å²) in [6.07, 6.45) is 2.83. The molecule has 1 amide bonds. The van der Waals surface area contributed by atoms with Crippen molar-refractivity contribution in [3.63, 3.8) is 0 Å². The van der Waals surface area contributed by atoms with Crippen LogP contribution < -0.4 is 0 Å². The smallest absolute Gasteiger partial charge is 0.274 e. The zero-order valence-corrected chi connectivity index (χ0v) is 16.0. The molecule has 0 N–H and O–H groups in total. The summed E-state index contributed by atoms with van der Waals surface area (Å²) in [4.78, 5) is 17.0. The fourth-order valence-corrected chi connectivity index (χ4v) is 3.89. The first kappa shape index (κ1) is 17.8. The van der Waals surface area contributed by atoms with Gasteiger partial charge in [-0.1, -0.05) is 23.2 Å². The summed E-state index contributed by atoms with van der Waals surface area (Å²) in [6.45, 7) is 3.02. The van der Waals surface area contributed by atoms with E-state index in [1.54, 1.807) is 29.1 Å². The second kappa shape index (κ2) is 7.19. The normalized spacial score (nSPS) is 23.7. The summed E-state index contributed by atoms with van der Waals surface area (Å²) in [6, 6.07) is 7.24. The monoisotopic (exact) mass is 394 g/mol. The molecular weight excluding hydrogens is 375 g/mol. The molecule has 0 aliphatic carbocycles. The van der Waals surface area contributed by atoms with Crippen LogP contribution >= 0.6 is 23.2 Å². The lowest BCUT2D eigenvalue weighted by Gasteiger charge is -2.45. The number of benzene rings is 1. The van der Waals surface area contributed by atoms with Gasteiger partial charge in [0.15, 0.2) is 5.69 Å². The standard InChI is InChI=1S/C18H20Cl2N4O2/c1-22-8-9-26-17-5-6-23(11-16(17)22)18(25)15-4-7-24(21-15)12-2-3-13(19)14(20)10-12/h2-4,7,10,16-17H,5-6,8-9,11H2,1H3. The van der Waals surface area contributed by atoms with Crippen molar-refractivity contribution in [1.29, 1.82) is 0 Å². The Morgan fingerprint density at radius 2 is 2.08 bits per heavy atom. The fraction of sp³-hybridized carbons (Fsp3) is 0.444. The predicted molar refractivity (Wildman–Crippen MR) is 100 cm³/mol. The van der Waals surface area contributed by atoms with Gasteiger partial charge in [-0.05, 0) is 37.7 Å². The molecule has 2 fully saturated rings. The van der Waals surface area contributed by atoms with Gasteiger partial charge in [-0.2, -0.15) is 5.10 Å². The largest absolute Gasteiger partial charge is 0.375 e. The minimum absolute atomic E-state index is 0.0544. The number of likely N-dealkylation sites (tertiary alicyclic amines) is 1. The molecule has 1 aromatic heterocycles. The number of likely N-dealkylation sites (N-methyl/N-ethyl adjacent to an activating group) is 1. The van der Waals surface area contributed by atoms with E-state index >= 15 is 0 Å². The molecule has 138 valence electrons. The van der Waals surface area contributed by atoms with Gasteiger partial charge in [-0.3, -0.25) is 9.69 Å². The third-order valence-electron chi connectivity index (χ3n) is 5.13. The summed E-state index contributed by atoms with van der Waals surface area (Å²) in [7, 11) is 2.09. The number of ether oxygens (including phenoxy) is 1. The molecule has 4 rings (SSSR count). The van der Waals surface area contributed by atoms with E-state index in [1.165, 1.54) is 0 Å². The topological polar surface area (TPSA) is 50.6 Å². The Kier molecular flexibility index (Phi) is 4.92. The minimum atomic E-state index is -0.0544. The van der Waals surface area contributed by atoms with E-state index in [4.69, 9.17) is 27.9 Å². The van der Waals surface area contributed by atoms with Gasteiger partial charge in [-0.25, -0.2) is 4.68 Å². The summed E-state index contributed by atoms with van der Waals surface area (Å²) in [5.41, 5.74) is 1.19. The van der Waals surface area contributed by atoms with Crippen molar-refractivity contribution in [2.24, 2.45) is 0 Å². The second-order valence-corrected chi connectivity index (χ2v) is 7.56. The van der Waals surface area contributed by atoms with Gasteiger partial charge in [0.2, 0.25) is 0 Å². The summed E-state index contributed by atoms with van der Waals surface area (Å²) in [5, 5.41) is 5.37. The van der Waals surface area contributed by atoms with E-state index in [-0.39, 0.29) is 18.1 Å². The SMILES string of the molecule is CN1CCOC2CCN(C(=O)c3ccn(-c4ccc(Cl)c(Cl)c4)n3)CC21. The van der Waals surface area contributed by atoms with Crippen molar-refractivity contribution in [3.05, 3.63) is 46.2 Å². The zero-order valence-electron chi connectivity index (χ0n) is 14.4. The van der Waals surface area contributed by atoms with Crippen LogP contribution in [0.15, 0.2) is 30.5 Å². The van der Waals surface area contributed by atoms with Crippen molar-refractivity contribution in [3.8, 4) is 5.69 Å². The van der Waals surface area contributed by atoms with Crippen LogP contribution in [0.4, 0.5) is 0 Å². The molecule has 2 aromatic rings. The number of rotatable bonds is 2. The van der Waals surface area contributed by atoms with Crippen LogP contribution in [0.1, 0.15) is 16.9 Å². The van der Waals surface area contributed by atoms with Gasteiger partial charge in [0.1, 0.15) is 0 Å². The first-order valence-electron chi connectivity index (χ1n) is 8.65. The third kappa shape index (κ3) is 3.34. The number of halogens is 2. The molecule has 0 spiro atoms. The van der Waals surface area contributed by atoms with E-state index in [1.807, 2.05) is 11.0 Å². The first-order chi connectivity index (χ1) is 12.5. The van der Waals surface area contributed by atoms with Crippen LogP contribution in [0, 0.1) is 0 Å². The molecular formula is C18H20Cl2N4O2. The van der Waals surface area contributed by atoms with Gasteiger partial charge in [0.05, 0.1) is 34.5 Å². The maximum atomic E-state index is 12.9. The Morgan fingerprint density at radius 1 is 1.23 bits per heavy atom. The number of amides is 1. The van der Waals surface area contributed by atoms with Crippen molar-refractivity contribution < 1.29 is 9.53 Å². The summed E-state index contributed by atoms with van der Waals surface area (Å²) < 4.78 is 7.48. The molecule has 26 heavy (non-hydrogen) atoms. The Labute approximate surface area is 162 Å². The van der Waals surface area contributed by atoms with Crippen LogP contribution in [0.25, 0.3) is 5.69 Å². The van der Waals surface area contributed by atoms with E-state index in [2.05, 4.69) is 17.0 Å². The number of aromatic nitrogens is 2. The Morgan fingerprint density at radius 3 is 2.88 bits per heavy atom. The lowest BCUT2D eigenvalue weighted by molar-refractivity contribution is -0.0894. The van der Waals surface area contributed by atoms with Gasteiger partial charge < -0.3 is 9.64 Å². The third-order valence-corrected chi connectivity index (χ3v) is 5.86. The molecule has 3 heterocycles. The van der Waals surface area contributed by atoms with Gasteiger partial charge in [0, 0.05) is 25.8 Å². The lowest BCUT2D eigenvalue weighted by atomic mass is 9.99. The van der Waals surface area contributed by atoms with Crippen molar-refractivity contribution in [2.45, 2.75) is 18.6 Å². The number of hydrogen-bond acceptors (Lipinski definition) is 4. The van der Waals surface area contributed by atoms with Gasteiger partial charge in [0.25, 0.3) is 5.91 Å². The molecule has 1 aromatic carbocycles. The first-order valence-corrected chi connectivity index (χ1v) is 9.41. The minimum Gasteiger partial charge on any atom is -0.375 e. The Bertz CT molecular complexity index is 825. The van der Waals surface area contributed by atoms with Crippen molar-refractivity contribution in [1.82, 2.24) is 19.6 Å². The second-order valence-electron chi connectivity index (χ2n) is 6.74. The quantitative estimate of drug-likeness (QED) is 0.785. The molecule has 0 bridgehead atoms. The number of morpholine rings is 1. The average molecular weight is 395 g/mol. The highest BCUT2D eigenvalue weighted by Crippen LogP contribution is 2.25. The highest BCUT2D eigenvalue weighted by Gasteiger charge is 2.37. The molecule has 2 unspecified atom stereocenters. The maximum absolute atomic E-state index is 12.9. The molecule has 2 aliphatic heterocycles. The number of hydrogen-bond donors (Lipinski definition) is 0. The fourth-order valence-electron chi connectivity index (χ4n) is 3.60. The van der Waals surface area contributed by atoms with Gasteiger partial charge >= 0.3 is 0 Å². The highest BCUT2D eigenvalue weighted by molar-refractivity contribution is 6.42. The lowest BCUT2D eigenvalue weighted by Crippen LogP contribution is -2.59. The molecule has 0 saturated carbocycles. The Hall–Kier alpha value is -1.60. The van der Waals surface area contributed by atoms with Crippen LogP contribution in [-0.4, -0.2) is 70.9 Å². The zero-order chi connectivity index (χ0) is 18.3. The van der Waals surface area contributed by atoms with E-state index in [0.717, 1.165) is 25.3 Å². The number of piperidine rings is 1. The van der Waals surface area contributed by atoms with Crippen LogP contribution in [0.2, 0.25) is 10.0 Å². The molecule has 2 atom stereocenters. The van der Waals surface area contributed by atoms with E-state index in [0.29, 0.717) is 28.8 Å². The number of carbonyl (C=O) groups is 1. The van der Waals surface area contributed by atoms with Crippen molar-refractivity contribution >= 4 is 29.1 Å². The van der Waals surface area contributed by atoms with E-state index < -0.39 is 0 Å². The summed E-state index contributed by atoms with van der Waals surface area (Å²) in [5.74, 6) is -0.0544. The summed E-state index contributed by atoms with van der Waals surface area (Å²) >= 11 is 12.0. The van der Waals surface area contributed by atoms with Crippen LogP contribution in [0.5, 0.6) is 0 Å². The van der Waals surface area contributed by atoms with Crippen molar-refractivity contribution in [2.75, 3.05) is 33.3 Å². The van der Waals surface area contributed by atoms with Gasteiger partial charge in [-0.15, -0.1) is 0 Å². The van der Waals surface area contributed by atoms with Crippen LogP contribution in [-0.2, 0) is 4.74 Å². The average Bonchev–Trinajstić information content (AvgIpc) is 3.13. The van der Waals surface area contributed by atoms with E-state index in [9.17, 15) is 4.79 Å². The number of fused-ring (bicyclic) bond motifs is 1. The molecule has 2 aliphatic rings. The molecule has 8 heteroatoms. The number of nitrogens with zero attached hydrogens (tertiary/aromatic N) is 4. The molecule has 6 nitrogen and oxygen atoms in total. The van der Waals surface area contributed by atoms with Crippen LogP contribution in [0.3, 0.4) is 0 Å². The molecule has 2 saturated heterocycles.